The SMILES string of the molecule is OCCN1CCCN(c2nnc(Cl)c3ccccc23)CC1. The molecule has 0 amide bonds. The molecule has 1 aliphatic heterocycles. The summed E-state index contributed by atoms with van der Waals surface area (Å²) in [6, 6.07) is 7.98. The van der Waals surface area contributed by atoms with Crippen molar-refractivity contribution in [2.24, 2.45) is 0 Å². The third-order valence-corrected chi connectivity index (χ3v) is 4.21. The largest absolute Gasteiger partial charge is 0.395 e. The van der Waals surface area contributed by atoms with Crippen LogP contribution in [0.5, 0.6) is 0 Å². The lowest BCUT2D eigenvalue weighted by Gasteiger charge is -2.23. The fraction of sp³-hybridized carbons (Fsp3) is 0.467. The second-order valence-corrected chi connectivity index (χ2v) is 5.62. The van der Waals surface area contributed by atoms with Crippen molar-refractivity contribution in [2.75, 3.05) is 44.2 Å². The Balaban J connectivity index is 1.88. The van der Waals surface area contributed by atoms with Crippen molar-refractivity contribution in [1.82, 2.24) is 15.1 Å². The molecular formula is C15H19ClN4O. The van der Waals surface area contributed by atoms with E-state index in [-0.39, 0.29) is 6.61 Å². The second-order valence-electron chi connectivity index (χ2n) is 5.27. The van der Waals surface area contributed by atoms with E-state index in [4.69, 9.17) is 16.7 Å². The number of aliphatic hydroxyl groups is 1. The Bertz CT molecular complexity index is 622. The minimum absolute atomic E-state index is 0.212. The summed E-state index contributed by atoms with van der Waals surface area (Å²) in [5.74, 6) is 0.904. The van der Waals surface area contributed by atoms with Crippen molar-refractivity contribution in [3.8, 4) is 0 Å². The second kappa shape index (κ2) is 6.56. The number of hydrogen-bond acceptors (Lipinski definition) is 5. The van der Waals surface area contributed by atoms with Gasteiger partial charge in [0, 0.05) is 37.0 Å². The van der Waals surface area contributed by atoms with Crippen LogP contribution in [-0.2, 0) is 0 Å². The van der Waals surface area contributed by atoms with Crippen molar-refractivity contribution in [1.29, 1.82) is 0 Å². The van der Waals surface area contributed by atoms with Gasteiger partial charge in [0.15, 0.2) is 11.0 Å². The van der Waals surface area contributed by atoms with Gasteiger partial charge in [-0.05, 0) is 13.0 Å². The molecule has 1 aliphatic rings. The van der Waals surface area contributed by atoms with Crippen molar-refractivity contribution in [2.45, 2.75) is 6.42 Å². The van der Waals surface area contributed by atoms with E-state index in [0.29, 0.717) is 5.15 Å². The lowest BCUT2D eigenvalue weighted by Crippen LogP contribution is -2.32. The van der Waals surface area contributed by atoms with Gasteiger partial charge in [-0.15, -0.1) is 10.2 Å². The Kier molecular flexibility index (Phi) is 4.53. The molecule has 0 spiro atoms. The van der Waals surface area contributed by atoms with Crippen LogP contribution in [0.4, 0.5) is 5.82 Å². The Morgan fingerprint density at radius 2 is 1.86 bits per heavy atom. The number of β-amino-alcohol motifs (C(OH)–C–C–N with tert-alkyl or cyclic N) is 1. The monoisotopic (exact) mass is 306 g/mol. The minimum atomic E-state index is 0.212. The highest BCUT2D eigenvalue weighted by Gasteiger charge is 2.18. The molecule has 1 fully saturated rings. The van der Waals surface area contributed by atoms with Gasteiger partial charge in [-0.2, -0.15) is 0 Å². The molecule has 0 bridgehead atoms. The topological polar surface area (TPSA) is 52.5 Å². The predicted molar refractivity (Wildman–Crippen MR) is 84.9 cm³/mol. The summed E-state index contributed by atoms with van der Waals surface area (Å²) in [5, 5.41) is 19.9. The summed E-state index contributed by atoms with van der Waals surface area (Å²) in [6.07, 6.45) is 1.05. The number of nitrogens with zero attached hydrogens (tertiary/aromatic N) is 4. The summed E-state index contributed by atoms with van der Waals surface area (Å²) >= 11 is 6.14. The molecular weight excluding hydrogens is 288 g/mol. The molecule has 2 heterocycles. The third-order valence-electron chi connectivity index (χ3n) is 3.93. The Morgan fingerprint density at radius 3 is 2.67 bits per heavy atom. The van der Waals surface area contributed by atoms with Crippen LogP contribution < -0.4 is 4.90 Å². The summed E-state index contributed by atoms with van der Waals surface area (Å²) < 4.78 is 0. The van der Waals surface area contributed by atoms with Gasteiger partial charge in [0.2, 0.25) is 0 Å². The normalized spacial score (nSPS) is 17.1. The lowest BCUT2D eigenvalue weighted by atomic mass is 10.2. The first kappa shape index (κ1) is 14.5. The Morgan fingerprint density at radius 1 is 1.05 bits per heavy atom. The number of hydrogen-bond donors (Lipinski definition) is 1. The summed E-state index contributed by atoms with van der Waals surface area (Å²) in [4.78, 5) is 4.55. The molecule has 0 saturated carbocycles. The molecule has 112 valence electrons. The number of aliphatic hydroxyl groups excluding tert-OH is 1. The van der Waals surface area contributed by atoms with Crippen LogP contribution in [0, 0.1) is 0 Å². The van der Waals surface area contributed by atoms with Crippen LogP contribution in [0.1, 0.15) is 6.42 Å². The molecule has 0 unspecified atom stereocenters. The van der Waals surface area contributed by atoms with E-state index in [9.17, 15) is 0 Å². The first-order valence-electron chi connectivity index (χ1n) is 7.28. The molecule has 1 aromatic heterocycles. The molecule has 6 heteroatoms. The van der Waals surface area contributed by atoms with Crippen molar-refractivity contribution in [3.63, 3.8) is 0 Å². The van der Waals surface area contributed by atoms with Gasteiger partial charge in [0.1, 0.15) is 0 Å². The third kappa shape index (κ3) is 3.10. The maximum atomic E-state index is 9.07. The van der Waals surface area contributed by atoms with Crippen LogP contribution in [0.25, 0.3) is 10.8 Å². The van der Waals surface area contributed by atoms with Crippen molar-refractivity contribution >= 4 is 28.2 Å². The zero-order valence-corrected chi connectivity index (χ0v) is 12.6. The molecule has 3 rings (SSSR count). The minimum Gasteiger partial charge on any atom is -0.395 e. The average molecular weight is 307 g/mol. The van der Waals surface area contributed by atoms with Crippen molar-refractivity contribution in [3.05, 3.63) is 29.4 Å². The van der Waals surface area contributed by atoms with Gasteiger partial charge in [0.25, 0.3) is 0 Å². The van der Waals surface area contributed by atoms with Crippen molar-refractivity contribution < 1.29 is 5.11 Å². The van der Waals surface area contributed by atoms with Gasteiger partial charge in [0.05, 0.1) is 6.61 Å². The molecule has 0 atom stereocenters. The molecule has 1 saturated heterocycles. The molecule has 2 aromatic rings. The van der Waals surface area contributed by atoms with Gasteiger partial charge in [-0.3, -0.25) is 4.90 Å². The number of fused-ring (bicyclic) bond motifs is 1. The van der Waals surface area contributed by atoms with E-state index < -0.39 is 0 Å². The number of anilines is 1. The molecule has 0 radical (unpaired) electrons. The van der Waals surface area contributed by atoms with E-state index >= 15 is 0 Å². The van der Waals surface area contributed by atoms with E-state index in [2.05, 4.69) is 20.0 Å². The number of aromatic nitrogens is 2. The van der Waals surface area contributed by atoms with Crippen LogP contribution in [0.3, 0.4) is 0 Å². The highest BCUT2D eigenvalue weighted by molar-refractivity contribution is 6.34. The smallest absolute Gasteiger partial charge is 0.159 e. The van der Waals surface area contributed by atoms with Gasteiger partial charge < -0.3 is 10.0 Å². The molecule has 0 aliphatic carbocycles. The zero-order chi connectivity index (χ0) is 14.7. The van der Waals surface area contributed by atoms with Crippen LogP contribution in [0.15, 0.2) is 24.3 Å². The fourth-order valence-electron chi connectivity index (χ4n) is 2.84. The Hall–Kier alpha value is -1.43. The fourth-order valence-corrected chi connectivity index (χ4v) is 3.04. The Labute approximate surface area is 129 Å². The summed E-state index contributed by atoms with van der Waals surface area (Å²) in [5.41, 5.74) is 0. The van der Waals surface area contributed by atoms with E-state index in [1.165, 1.54) is 0 Å². The van der Waals surface area contributed by atoms with Gasteiger partial charge in [-0.25, -0.2) is 0 Å². The maximum Gasteiger partial charge on any atom is 0.159 e. The molecule has 21 heavy (non-hydrogen) atoms. The maximum absolute atomic E-state index is 9.07. The number of rotatable bonds is 3. The van der Waals surface area contributed by atoms with Gasteiger partial charge >= 0.3 is 0 Å². The molecule has 5 nitrogen and oxygen atoms in total. The quantitative estimate of drug-likeness (QED) is 0.937. The lowest BCUT2D eigenvalue weighted by molar-refractivity contribution is 0.204. The number of benzene rings is 1. The highest BCUT2D eigenvalue weighted by atomic mass is 35.5. The summed E-state index contributed by atoms with van der Waals surface area (Å²) in [6.45, 7) is 4.72. The predicted octanol–water partition coefficient (Wildman–Crippen LogP) is 1.79. The molecule has 1 aromatic carbocycles. The van der Waals surface area contributed by atoms with E-state index in [0.717, 1.165) is 55.7 Å². The van der Waals surface area contributed by atoms with Crippen LogP contribution >= 0.6 is 11.6 Å². The average Bonchev–Trinajstić information content (AvgIpc) is 2.74. The van der Waals surface area contributed by atoms with E-state index in [1.54, 1.807) is 0 Å². The first-order valence-corrected chi connectivity index (χ1v) is 7.66. The first-order chi connectivity index (χ1) is 10.3. The standard InChI is InChI=1S/C15H19ClN4O/c16-14-12-4-1-2-5-13(12)15(18-17-14)20-7-3-6-19(8-9-20)10-11-21/h1-2,4-5,21H,3,6-11H2. The van der Waals surface area contributed by atoms with Crippen LogP contribution in [0.2, 0.25) is 5.15 Å². The summed E-state index contributed by atoms with van der Waals surface area (Å²) in [7, 11) is 0. The zero-order valence-electron chi connectivity index (χ0n) is 11.9. The highest BCUT2D eigenvalue weighted by Crippen LogP contribution is 2.28. The number of halogens is 1. The van der Waals surface area contributed by atoms with E-state index in [1.807, 2.05) is 24.3 Å². The molecule has 1 N–H and O–H groups in total. The van der Waals surface area contributed by atoms with Crippen LogP contribution in [-0.4, -0.2) is 59.5 Å². The van der Waals surface area contributed by atoms with Gasteiger partial charge in [-0.1, -0.05) is 35.9 Å².